The number of nitrogens with zero attached hydrogens (tertiary/aromatic N) is 1. The highest BCUT2D eigenvalue weighted by Crippen LogP contribution is 2.36. The predicted molar refractivity (Wildman–Crippen MR) is 120 cm³/mol. The zero-order valence-electron chi connectivity index (χ0n) is 15.1. The lowest BCUT2D eigenvalue weighted by Crippen LogP contribution is -2.00. The molecule has 0 atom stereocenters. The number of carboxylic acid groups (broad SMARTS) is 1. The van der Waals surface area contributed by atoms with Gasteiger partial charge in [0.15, 0.2) is 0 Å². The van der Waals surface area contributed by atoms with Crippen molar-refractivity contribution >= 4 is 49.5 Å². The molecule has 0 aliphatic carbocycles. The number of rotatable bonds is 6. The SMILES string of the molecule is N#C/C(=C\c1cc(Br)c(OCc2ccc(C(=O)O)cc2)c(Br)c1)c1ccccc1. The van der Waals surface area contributed by atoms with Crippen LogP contribution in [0, 0.1) is 11.3 Å². The Morgan fingerprint density at radius 3 is 2.17 bits per heavy atom. The van der Waals surface area contributed by atoms with Gasteiger partial charge in [0.2, 0.25) is 0 Å². The Morgan fingerprint density at radius 1 is 1.00 bits per heavy atom. The van der Waals surface area contributed by atoms with Gasteiger partial charge in [-0.1, -0.05) is 42.5 Å². The second-order valence-corrected chi connectivity index (χ2v) is 7.85. The molecule has 0 amide bonds. The Bertz CT molecular complexity index is 1080. The number of ether oxygens (including phenoxy) is 1. The Hall–Kier alpha value is -2.88. The molecule has 3 rings (SSSR count). The van der Waals surface area contributed by atoms with Gasteiger partial charge in [-0.2, -0.15) is 5.26 Å². The molecule has 29 heavy (non-hydrogen) atoms. The number of hydrogen-bond donors (Lipinski definition) is 1. The van der Waals surface area contributed by atoms with Crippen molar-refractivity contribution in [3.63, 3.8) is 0 Å². The third kappa shape index (κ3) is 5.35. The molecule has 0 heterocycles. The van der Waals surface area contributed by atoms with E-state index in [0.29, 0.717) is 17.9 Å². The van der Waals surface area contributed by atoms with E-state index in [1.807, 2.05) is 48.5 Å². The number of nitriles is 1. The fourth-order valence-corrected chi connectivity index (χ4v) is 4.12. The van der Waals surface area contributed by atoms with E-state index in [0.717, 1.165) is 25.6 Å². The Morgan fingerprint density at radius 2 is 1.62 bits per heavy atom. The maximum absolute atomic E-state index is 10.9. The number of hydrogen-bond acceptors (Lipinski definition) is 3. The van der Waals surface area contributed by atoms with Gasteiger partial charge in [-0.3, -0.25) is 0 Å². The van der Waals surface area contributed by atoms with Gasteiger partial charge in [-0.05, 0) is 78.9 Å². The largest absolute Gasteiger partial charge is 0.487 e. The van der Waals surface area contributed by atoms with E-state index in [1.54, 1.807) is 24.3 Å². The Balaban J connectivity index is 1.79. The molecule has 3 aromatic carbocycles. The average molecular weight is 513 g/mol. The first-order valence-corrected chi connectivity index (χ1v) is 10.2. The van der Waals surface area contributed by atoms with E-state index in [9.17, 15) is 10.1 Å². The molecule has 0 unspecified atom stereocenters. The molecule has 0 bridgehead atoms. The summed E-state index contributed by atoms with van der Waals surface area (Å²) in [7, 11) is 0. The minimum atomic E-state index is -0.959. The standard InChI is InChI=1S/C23H15Br2NO3/c24-20-11-16(10-19(13-26)17-4-2-1-3-5-17)12-21(25)22(20)29-14-15-6-8-18(9-7-15)23(27)28/h1-12H,14H2,(H,27,28)/b19-10+. The van der Waals surface area contributed by atoms with Crippen LogP contribution in [0.1, 0.15) is 27.0 Å². The third-order valence-corrected chi connectivity index (χ3v) is 5.30. The molecule has 0 aromatic heterocycles. The van der Waals surface area contributed by atoms with E-state index >= 15 is 0 Å². The van der Waals surface area contributed by atoms with Crippen molar-refractivity contribution in [2.75, 3.05) is 0 Å². The van der Waals surface area contributed by atoms with Crippen LogP contribution in [0.4, 0.5) is 0 Å². The van der Waals surface area contributed by atoms with Crippen LogP contribution in [0.15, 0.2) is 75.7 Å². The summed E-state index contributed by atoms with van der Waals surface area (Å²) in [4.78, 5) is 10.9. The van der Waals surface area contributed by atoms with Gasteiger partial charge in [0.05, 0.1) is 26.2 Å². The first-order valence-electron chi connectivity index (χ1n) is 8.59. The summed E-state index contributed by atoms with van der Waals surface area (Å²) in [5.74, 6) is -0.332. The molecule has 0 aliphatic rings. The molecule has 1 N–H and O–H groups in total. The molecule has 0 saturated heterocycles. The molecule has 4 nitrogen and oxygen atoms in total. The van der Waals surface area contributed by atoms with Crippen molar-refractivity contribution in [2.24, 2.45) is 0 Å². The lowest BCUT2D eigenvalue weighted by atomic mass is 10.0. The summed E-state index contributed by atoms with van der Waals surface area (Å²) in [5.41, 5.74) is 3.36. The first-order chi connectivity index (χ1) is 14.0. The molecule has 3 aromatic rings. The molecule has 0 spiro atoms. The minimum absolute atomic E-state index is 0.235. The van der Waals surface area contributed by atoms with Crippen LogP contribution in [0.2, 0.25) is 0 Å². The second kappa shape index (κ2) is 9.55. The number of benzene rings is 3. The summed E-state index contributed by atoms with van der Waals surface area (Å²) in [6.07, 6.45) is 1.82. The normalized spacial score (nSPS) is 11.0. The molecule has 0 aliphatic heterocycles. The zero-order valence-corrected chi connectivity index (χ0v) is 18.3. The number of carbonyl (C=O) groups is 1. The van der Waals surface area contributed by atoms with Crippen molar-refractivity contribution in [3.05, 3.63) is 97.9 Å². The maximum Gasteiger partial charge on any atom is 0.335 e. The van der Waals surface area contributed by atoms with Gasteiger partial charge >= 0.3 is 5.97 Å². The maximum atomic E-state index is 10.9. The van der Waals surface area contributed by atoms with Crippen LogP contribution in [-0.4, -0.2) is 11.1 Å². The number of halogens is 2. The van der Waals surface area contributed by atoms with Crippen LogP contribution < -0.4 is 4.74 Å². The smallest absolute Gasteiger partial charge is 0.335 e. The fraction of sp³-hybridized carbons (Fsp3) is 0.0435. The summed E-state index contributed by atoms with van der Waals surface area (Å²) < 4.78 is 7.38. The quantitative estimate of drug-likeness (QED) is 0.300. The topological polar surface area (TPSA) is 70.3 Å². The highest BCUT2D eigenvalue weighted by molar-refractivity contribution is 9.11. The third-order valence-electron chi connectivity index (χ3n) is 4.12. The number of carboxylic acids is 1. The molecule has 6 heteroatoms. The van der Waals surface area contributed by atoms with Gasteiger partial charge < -0.3 is 9.84 Å². The van der Waals surface area contributed by atoms with Crippen molar-refractivity contribution in [3.8, 4) is 11.8 Å². The summed E-state index contributed by atoms with van der Waals surface area (Å²) in [6.45, 7) is 0.291. The molecule has 0 radical (unpaired) electrons. The van der Waals surface area contributed by atoms with Crippen molar-refractivity contribution in [2.45, 2.75) is 6.61 Å². The minimum Gasteiger partial charge on any atom is -0.487 e. The Labute approximate surface area is 185 Å². The highest BCUT2D eigenvalue weighted by atomic mass is 79.9. The van der Waals surface area contributed by atoms with Crippen LogP contribution in [0.3, 0.4) is 0 Å². The monoisotopic (exact) mass is 511 g/mol. The molecular formula is C23H15Br2NO3. The van der Waals surface area contributed by atoms with Gasteiger partial charge in [0, 0.05) is 0 Å². The van der Waals surface area contributed by atoms with E-state index in [2.05, 4.69) is 37.9 Å². The molecule has 0 saturated carbocycles. The second-order valence-electron chi connectivity index (χ2n) is 6.14. The van der Waals surface area contributed by atoms with Gasteiger partial charge in [0.1, 0.15) is 12.4 Å². The van der Waals surface area contributed by atoms with Crippen molar-refractivity contribution in [1.29, 1.82) is 5.26 Å². The van der Waals surface area contributed by atoms with Crippen molar-refractivity contribution in [1.82, 2.24) is 0 Å². The molecule has 144 valence electrons. The average Bonchev–Trinajstić information content (AvgIpc) is 2.72. The number of aromatic carboxylic acids is 1. The van der Waals surface area contributed by atoms with Crippen LogP contribution in [0.25, 0.3) is 11.6 Å². The Kier molecular flexibility index (Phi) is 6.86. The van der Waals surface area contributed by atoms with Crippen LogP contribution in [-0.2, 0) is 6.61 Å². The van der Waals surface area contributed by atoms with E-state index in [4.69, 9.17) is 9.84 Å². The first kappa shape index (κ1) is 20.8. The van der Waals surface area contributed by atoms with E-state index in [1.165, 1.54) is 0 Å². The lowest BCUT2D eigenvalue weighted by Gasteiger charge is -2.12. The number of allylic oxidation sites excluding steroid dienone is 1. The van der Waals surface area contributed by atoms with E-state index < -0.39 is 5.97 Å². The van der Waals surface area contributed by atoms with Gasteiger partial charge in [-0.15, -0.1) is 0 Å². The summed E-state index contributed by atoms with van der Waals surface area (Å²) in [5, 5.41) is 18.5. The molecule has 0 fully saturated rings. The van der Waals surface area contributed by atoms with Crippen LogP contribution >= 0.6 is 31.9 Å². The summed E-state index contributed by atoms with van der Waals surface area (Å²) in [6, 6.07) is 22.0. The van der Waals surface area contributed by atoms with Gasteiger partial charge in [-0.25, -0.2) is 4.79 Å². The lowest BCUT2D eigenvalue weighted by molar-refractivity contribution is 0.0697. The predicted octanol–water partition coefficient (Wildman–Crippen LogP) is 6.55. The zero-order chi connectivity index (χ0) is 20.8. The van der Waals surface area contributed by atoms with Crippen molar-refractivity contribution < 1.29 is 14.6 Å². The van der Waals surface area contributed by atoms with Gasteiger partial charge in [0.25, 0.3) is 0 Å². The summed E-state index contributed by atoms with van der Waals surface area (Å²) >= 11 is 7.05. The fourth-order valence-electron chi connectivity index (χ4n) is 2.66. The van der Waals surface area contributed by atoms with E-state index in [-0.39, 0.29) is 5.56 Å². The molecular weight excluding hydrogens is 498 g/mol. The highest BCUT2D eigenvalue weighted by Gasteiger charge is 2.10. The van der Waals surface area contributed by atoms with Crippen LogP contribution in [0.5, 0.6) is 5.75 Å².